The van der Waals surface area contributed by atoms with Crippen LogP contribution in [0, 0.1) is 5.41 Å². The molecule has 2 aliphatic carbocycles. The lowest BCUT2D eigenvalue weighted by Crippen LogP contribution is -2.48. The van der Waals surface area contributed by atoms with E-state index in [2.05, 4.69) is 15.7 Å². The molecule has 6 heteroatoms. The summed E-state index contributed by atoms with van der Waals surface area (Å²) in [5.41, 5.74) is 0.699. The number of carbonyl (C=O) groups excluding carboxylic acids is 1. The van der Waals surface area contributed by atoms with E-state index in [9.17, 15) is 9.90 Å². The first-order chi connectivity index (χ1) is 11.1. The van der Waals surface area contributed by atoms with Crippen LogP contribution in [0.3, 0.4) is 0 Å². The molecule has 1 heterocycles. The Morgan fingerprint density at radius 3 is 2.91 bits per heavy atom. The molecule has 3 N–H and O–H groups in total. The first-order valence-electron chi connectivity index (χ1n) is 8.80. The number of aliphatic hydroxyl groups is 1. The number of hydrogen-bond donors (Lipinski definition) is 3. The van der Waals surface area contributed by atoms with Gasteiger partial charge in [0.25, 0.3) is 0 Å². The number of amides is 2. The van der Waals surface area contributed by atoms with Gasteiger partial charge in [-0.25, -0.2) is 4.79 Å². The number of rotatable bonds is 5. The number of hydrogen-bond acceptors (Lipinski definition) is 3. The van der Waals surface area contributed by atoms with Crippen molar-refractivity contribution < 1.29 is 9.90 Å². The fraction of sp³-hybridized carbons (Fsp3) is 0.765. The molecule has 0 radical (unpaired) electrons. The quantitative estimate of drug-likeness (QED) is 0.779. The molecular formula is C17H28N4O2. The molecule has 0 spiro atoms. The fourth-order valence-corrected chi connectivity index (χ4v) is 3.89. The summed E-state index contributed by atoms with van der Waals surface area (Å²) in [6.45, 7) is 2.59. The van der Waals surface area contributed by atoms with E-state index in [1.165, 1.54) is 25.7 Å². The lowest BCUT2D eigenvalue weighted by molar-refractivity contribution is 0.121. The van der Waals surface area contributed by atoms with Gasteiger partial charge in [0, 0.05) is 17.7 Å². The minimum atomic E-state index is -0.193. The van der Waals surface area contributed by atoms with Crippen LogP contribution in [-0.2, 0) is 6.54 Å². The van der Waals surface area contributed by atoms with Crippen LogP contribution in [-0.4, -0.2) is 33.6 Å². The molecule has 3 rings (SSSR count). The number of nitrogens with one attached hydrogen (secondary N) is 2. The highest BCUT2D eigenvalue weighted by Gasteiger charge is 2.39. The highest BCUT2D eigenvalue weighted by Crippen LogP contribution is 2.37. The van der Waals surface area contributed by atoms with Crippen LogP contribution in [0.2, 0.25) is 0 Å². The van der Waals surface area contributed by atoms with Gasteiger partial charge < -0.3 is 15.7 Å². The maximum atomic E-state index is 12.1. The maximum absolute atomic E-state index is 12.1. The highest BCUT2D eigenvalue weighted by molar-refractivity contribution is 5.74. The molecule has 2 unspecified atom stereocenters. The number of aromatic nitrogens is 2. The second-order valence-electron chi connectivity index (χ2n) is 7.31. The molecule has 6 nitrogen and oxygen atoms in total. The van der Waals surface area contributed by atoms with Crippen molar-refractivity contribution in [2.45, 2.75) is 70.5 Å². The van der Waals surface area contributed by atoms with Crippen molar-refractivity contribution in [2.75, 3.05) is 6.61 Å². The average molecular weight is 320 g/mol. The SMILES string of the molecule is CC1(CO)CCCC1NC(=O)NCc1ccn(C2CCCC2)n1. The van der Waals surface area contributed by atoms with Crippen LogP contribution in [0.15, 0.2) is 12.3 Å². The molecular weight excluding hydrogens is 292 g/mol. The van der Waals surface area contributed by atoms with Crippen molar-refractivity contribution in [1.29, 1.82) is 0 Å². The van der Waals surface area contributed by atoms with E-state index < -0.39 is 0 Å². The molecule has 2 amide bonds. The second kappa shape index (κ2) is 6.91. The van der Waals surface area contributed by atoms with E-state index in [4.69, 9.17) is 0 Å². The summed E-state index contributed by atoms with van der Waals surface area (Å²) < 4.78 is 2.04. The molecule has 128 valence electrons. The molecule has 2 atom stereocenters. The average Bonchev–Trinajstić information content (AvgIpc) is 3.26. The Labute approximate surface area is 137 Å². The van der Waals surface area contributed by atoms with E-state index in [1.54, 1.807) is 0 Å². The summed E-state index contributed by atoms with van der Waals surface area (Å²) in [7, 11) is 0. The third-order valence-corrected chi connectivity index (χ3v) is 5.54. The predicted octanol–water partition coefficient (Wildman–Crippen LogP) is 2.35. The Morgan fingerprint density at radius 1 is 1.39 bits per heavy atom. The Balaban J connectivity index is 1.47. The Hall–Kier alpha value is -1.56. The monoisotopic (exact) mass is 320 g/mol. The van der Waals surface area contributed by atoms with Crippen molar-refractivity contribution in [2.24, 2.45) is 5.41 Å². The van der Waals surface area contributed by atoms with Gasteiger partial charge in [0.2, 0.25) is 0 Å². The lowest BCUT2D eigenvalue weighted by Gasteiger charge is -2.30. The molecule has 0 saturated heterocycles. The van der Waals surface area contributed by atoms with Crippen molar-refractivity contribution >= 4 is 6.03 Å². The summed E-state index contributed by atoms with van der Waals surface area (Å²) in [5, 5.41) is 20.0. The van der Waals surface area contributed by atoms with Gasteiger partial charge in [-0.2, -0.15) is 5.10 Å². The third kappa shape index (κ3) is 3.68. The first-order valence-corrected chi connectivity index (χ1v) is 8.80. The zero-order valence-electron chi connectivity index (χ0n) is 13.9. The Morgan fingerprint density at radius 2 is 2.17 bits per heavy atom. The lowest BCUT2D eigenvalue weighted by atomic mass is 9.86. The van der Waals surface area contributed by atoms with Gasteiger partial charge in [0.05, 0.1) is 24.9 Å². The zero-order chi connectivity index (χ0) is 16.3. The standard InChI is InChI=1S/C17H28N4O2/c1-17(12-22)9-4-7-15(17)19-16(23)18-11-13-8-10-21(20-13)14-5-2-3-6-14/h8,10,14-15,22H,2-7,9,11-12H2,1H3,(H2,18,19,23). The van der Waals surface area contributed by atoms with Gasteiger partial charge in [-0.1, -0.05) is 26.2 Å². The zero-order valence-corrected chi connectivity index (χ0v) is 13.9. The smallest absolute Gasteiger partial charge is 0.315 e. The minimum Gasteiger partial charge on any atom is -0.396 e. The maximum Gasteiger partial charge on any atom is 0.315 e. The van der Waals surface area contributed by atoms with Crippen molar-refractivity contribution in [1.82, 2.24) is 20.4 Å². The summed E-state index contributed by atoms with van der Waals surface area (Å²) in [5.74, 6) is 0. The van der Waals surface area contributed by atoms with Gasteiger partial charge in [0.15, 0.2) is 0 Å². The van der Waals surface area contributed by atoms with Crippen LogP contribution in [0.5, 0.6) is 0 Å². The number of nitrogens with zero attached hydrogens (tertiary/aromatic N) is 2. The normalized spacial score (nSPS) is 28.2. The number of aliphatic hydroxyl groups excluding tert-OH is 1. The van der Waals surface area contributed by atoms with Crippen LogP contribution in [0.25, 0.3) is 0 Å². The minimum absolute atomic E-state index is 0.0450. The molecule has 23 heavy (non-hydrogen) atoms. The predicted molar refractivity (Wildman–Crippen MR) is 87.9 cm³/mol. The van der Waals surface area contributed by atoms with E-state index in [1.807, 2.05) is 23.9 Å². The number of carbonyl (C=O) groups is 1. The van der Waals surface area contributed by atoms with E-state index >= 15 is 0 Å². The van der Waals surface area contributed by atoms with Crippen LogP contribution < -0.4 is 10.6 Å². The van der Waals surface area contributed by atoms with Crippen LogP contribution in [0.4, 0.5) is 4.79 Å². The van der Waals surface area contributed by atoms with Gasteiger partial charge in [-0.05, 0) is 31.7 Å². The molecule has 2 fully saturated rings. The van der Waals surface area contributed by atoms with Gasteiger partial charge in [-0.15, -0.1) is 0 Å². The topological polar surface area (TPSA) is 79.2 Å². The Bertz CT molecular complexity index is 538. The molecule has 0 bridgehead atoms. The number of urea groups is 1. The largest absolute Gasteiger partial charge is 0.396 e. The highest BCUT2D eigenvalue weighted by atomic mass is 16.3. The fourth-order valence-electron chi connectivity index (χ4n) is 3.89. The summed E-state index contributed by atoms with van der Waals surface area (Å²) >= 11 is 0. The second-order valence-corrected chi connectivity index (χ2v) is 7.31. The molecule has 2 saturated carbocycles. The summed E-state index contributed by atoms with van der Waals surface area (Å²) in [6, 6.07) is 2.38. The van der Waals surface area contributed by atoms with Crippen molar-refractivity contribution in [3.63, 3.8) is 0 Å². The Kier molecular flexibility index (Phi) is 4.90. The first kappa shape index (κ1) is 16.3. The van der Waals surface area contributed by atoms with Gasteiger partial charge in [-0.3, -0.25) is 4.68 Å². The van der Waals surface area contributed by atoms with E-state index in [0.29, 0.717) is 12.6 Å². The molecule has 1 aromatic rings. The van der Waals surface area contributed by atoms with Gasteiger partial charge in [0.1, 0.15) is 0 Å². The van der Waals surface area contributed by atoms with Crippen LogP contribution >= 0.6 is 0 Å². The summed E-state index contributed by atoms with van der Waals surface area (Å²) in [6.07, 6.45) is 9.93. The van der Waals surface area contributed by atoms with Crippen molar-refractivity contribution in [3.05, 3.63) is 18.0 Å². The summed E-state index contributed by atoms with van der Waals surface area (Å²) in [4.78, 5) is 12.1. The molecule has 1 aromatic heterocycles. The van der Waals surface area contributed by atoms with Crippen molar-refractivity contribution in [3.8, 4) is 0 Å². The molecule has 2 aliphatic rings. The molecule has 0 aromatic carbocycles. The third-order valence-electron chi connectivity index (χ3n) is 5.54. The van der Waals surface area contributed by atoms with E-state index in [0.717, 1.165) is 25.0 Å². The van der Waals surface area contributed by atoms with E-state index in [-0.39, 0.29) is 24.1 Å². The van der Waals surface area contributed by atoms with Gasteiger partial charge >= 0.3 is 6.03 Å². The molecule has 0 aliphatic heterocycles. The van der Waals surface area contributed by atoms with Crippen LogP contribution in [0.1, 0.15) is 63.6 Å².